The predicted octanol–water partition coefficient (Wildman–Crippen LogP) is 3.20. The Bertz CT molecular complexity index is 521. The summed E-state index contributed by atoms with van der Waals surface area (Å²) in [5, 5.41) is 6.74. The van der Waals surface area contributed by atoms with Gasteiger partial charge in [0.25, 0.3) is 0 Å². The lowest BCUT2D eigenvalue weighted by atomic mass is 10.1. The highest BCUT2D eigenvalue weighted by molar-refractivity contribution is 7.99. The second-order valence-electron chi connectivity index (χ2n) is 6.35. The average Bonchev–Trinajstić information content (AvgIpc) is 3.09. The Kier molecular flexibility index (Phi) is 9.11. The SMILES string of the molecule is CCNC(=NCC1CCN(CC)C1)NCCCSc1ccc(F)cc1. The molecule has 140 valence electrons. The number of thioether (sulfide) groups is 1. The number of benzene rings is 1. The Morgan fingerprint density at radius 2 is 2.08 bits per heavy atom. The number of nitrogens with one attached hydrogen (secondary N) is 2. The quantitative estimate of drug-likeness (QED) is 0.305. The summed E-state index contributed by atoms with van der Waals surface area (Å²) in [5.74, 6) is 2.43. The van der Waals surface area contributed by atoms with Gasteiger partial charge in [-0.3, -0.25) is 4.99 Å². The summed E-state index contributed by atoms with van der Waals surface area (Å²) < 4.78 is 12.9. The topological polar surface area (TPSA) is 39.7 Å². The van der Waals surface area contributed by atoms with Crippen molar-refractivity contribution in [3.05, 3.63) is 30.1 Å². The van der Waals surface area contributed by atoms with Gasteiger partial charge in [0.15, 0.2) is 5.96 Å². The lowest BCUT2D eigenvalue weighted by molar-refractivity contribution is 0.343. The number of rotatable bonds is 9. The monoisotopic (exact) mass is 366 g/mol. The predicted molar refractivity (Wildman–Crippen MR) is 106 cm³/mol. The molecule has 6 heteroatoms. The molecule has 25 heavy (non-hydrogen) atoms. The zero-order valence-electron chi connectivity index (χ0n) is 15.4. The van der Waals surface area contributed by atoms with Crippen molar-refractivity contribution in [2.24, 2.45) is 10.9 Å². The smallest absolute Gasteiger partial charge is 0.191 e. The number of hydrogen-bond donors (Lipinski definition) is 2. The van der Waals surface area contributed by atoms with Crippen LogP contribution < -0.4 is 10.6 Å². The van der Waals surface area contributed by atoms with Gasteiger partial charge in [-0.15, -0.1) is 11.8 Å². The van der Waals surface area contributed by atoms with Crippen LogP contribution in [-0.2, 0) is 0 Å². The molecular weight excluding hydrogens is 335 g/mol. The van der Waals surface area contributed by atoms with Gasteiger partial charge in [0.2, 0.25) is 0 Å². The number of hydrogen-bond acceptors (Lipinski definition) is 3. The highest BCUT2D eigenvalue weighted by Gasteiger charge is 2.20. The first kappa shape index (κ1) is 20.0. The van der Waals surface area contributed by atoms with E-state index in [1.165, 1.54) is 31.6 Å². The standard InChI is InChI=1S/C19H31FN4S/c1-3-21-19(23-14-16-10-12-24(4-2)15-16)22-11-5-13-25-18-8-6-17(20)7-9-18/h6-9,16H,3-5,10-15H2,1-2H3,(H2,21,22,23). The number of nitrogens with zero attached hydrogens (tertiary/aromatic N) is 2. The minimum atomic E-state index is -0.179. The molecule has 1 unspecified atom stereocenters. The van der Waals surface area contributed by atoms with E-state index in [4.69, 9.17) is 4.99 Å². The Balaban J connectivity index is 1.64. The van der Waals surface area contributed by atoms with Crippen LogP contribution in [0.2, 0.25) is 0 Å². The van der Waals surface area contributed by atoms with Crippen molar-refractivity contribution in [2.75, 3.05) is 45.0 Å². The Morgan fingerprint density at radius 3 is 2.76 bits per heavy atom. The van der Waals surface area contributed by atoms with Crippen molar-refractivity contribution < 1.29 is 4.39 Å². The third kappa shape index (κ3) is 7.65. The van der Waals surface area contributed by atoms with Crippen LogP contribution in [0.25, 0.3) is 0 Å². The molecule has 4 nitrogen and oxygen atoms in total. The summed E-state index contributed by atoms with van der Waals surface area (Å²) in [7, 11) is 0. The Hall–Kier alpha value is -1.27. The fourth-order valence-corrected chi connectivity index (χ4v) is 3.76. The lowest BCUT2D eigenvalue weighted by Crippen LogP contribution is -2.38. The van der Waals surface area contributed by atoms with Crippen molar-refractivity contribution in [2.45, 2.75) is 31.6 Å². The van der Waals surface area contributed by atoms with Gasteiger partial charge >= 0.3 is 0 Å². The van der Waals surface area contributed by atoms with Crippen LogP contribution in [0.1, 0.15) is 26.7 Å². The lowest BCUT2D eigenvalue weighted by Gasteiger charge is -2.14. The minimum Gasteiger partial charge on any atom is -0.357 e. The summed E-state index contributed by atoms with van der Waals surface area (Å²) in [5.41, 5.74) is 0. The van der Waals surface area contributed by atoms with E-state index in [1.54, 1.807) is 11.8 Å². The van der Waals surface area contributed by atoms with Gasteiger partial charge in [-0.25, -0.2) is 4.39 Å². The minimum absolute atomic E-state index is 0.179. The van der Waals surface area contributed by atoms with Gasteiger partial charge in [-0.1, -0.05) is 6.92 Å². The summed E-state index contributed by atoms with van der Waals surface area (Å²) >= 11 is 1.76. The highest BCUT2D eigenvalue weighted by atomic mass is 32.2. The van der Waals surface area contributed by atoms with Crippen molar-refractivity contribution in [1.82, 2.24) is 15.5 Å². The number of aliphatic imine (C=N–C) groups is 1. The first-order chi connectivity index (χ1) is 12.2. The largest absolute Gasteiger partial charge is 0.357 e. The fraction of sp³-hybridized carbons (Fsp3) is 0.632. The molecular formula is C19H31FN4S. The summed E-state index contributed by atoms with van der Waals surface area (Å²) in [6, 6.07) is 6.69. The molecule has 1 aromatic rings. The van der Waals surface area contributed by atoms with E-state index in [0.717, 1.165) is 49.2 Å². The molecule has 0 aromatic heterocycles. The van der Waals surface area contributed by atoms with Crippen LogP contribution >= 0.6 is 11.8 Å². The summed E-state index contributed by atoms with van der Waals surface area (Å²) in [4.78, 5) is 8.36. The molecule has 1 aliphatic heterocycles. The van der Waals surface area contributed by atoms with Crippen LogP contribution in [0.15, 0.2) is 34.2 Å². The Morgan fingerprint density at radius 1 is 1.28 bits per heavy atom. The van der Waals surface area contributed by atoms with Gasteiger partial charge < -0.3 is 15.5 Å². The molecule has 0 saturated carbocycles. The third-order valence-corrected chi connectivity index (χ3v) is 5.46. The maximum atomic E-state index is 12.9. The van der Waals surface area contributed by atoms with Gasteiger partial charge in [0, 0.05) is 31.1 Å². The zero-order valence-corrected chi connectivity index (χ0v) is 16.2. The van der Waals surface area contributed by atoms with Gasteiger partial charge in [-0.2, -0.15) is 0 Å². The van der Waals surface area contributed by atoms with Gasteiger partial charge in [0.05, 0.1) is 0 Å². The first-order valence-corrected chi connectivity index (χ1v) is 10.3. The molecule has 1 aliphatic rings. The maximum absolute atomic E-state index is 12.9. The van der Waals surface area contributed by atoms with Crippen molar-refractivity contribution in [3.63, 3.8) is 0 Å². The maximum Gasteiger partial charge on any atom is 0.191 e. The van der Waals surface area contributed by atoms with Gasteiger partial charge in [0.1, 0.15) is 5.82 Å². The van der Waals surface area contributed by atoms with Crippen LogP contribution in [-0.4, -0.2) is 55.9 Å². The van der Waals surface area contributed by atoms with Crippen molar-refractivity contribution >= 4 is 17.7 Å². The summed E-state index contributed by atoms with van der Waals surface area (Å²) in [6.07, 6.45) is 2.30. The molecule has 0 radical (unpaired) electrons. The molecule has 0 spiro atoms. The summed E-state index contributed by atoms with van der Waals surface area (Å²) in [6.45, 7) is 10.5. The molecule has 0 bridgehead atoms. The highest BCUT2D eigenvalue weighted by Crippen LogP contribution is 2.18. The van der Waals surface area contributed by atoms with Crippen LogP contribution in [0.4, 0.5) is 4.39 Å². The second-order valence-corrected chi connectivity index (χ2v) is 7.52. The first-order valence-electron chi connectivity index (χ1n) is 9.34. The van der Waals surface area contributed by atoms with Crippen LogP contribution in [0.3, 0.4) is 0 Å². The zero-order chi connectivity index (χ0) is 17.9. The number of likely N-dealkylation sites (tertiary alicyclic amines) is 1. The van der Waals surface area contributed by atoms with E-state index in [2.05, 4.69) is 29.4 Å². The number of guanidine groups is 1. The fourth-order valence-electron chi connectivity index (χ4n) is 2.91. The molecule has 2 rings (SSSR count). The van der Waals surface area contributed by atoms with E-state index in [-0.39, 0.29) is 5.82 Å². The van der Waals surface area contributed by atoms with Crippen molar-refractivity contribution in [1.29, 1.82) is 0 Å². The van der Waals surface area contributed by atoms with E-state index in [9.17, 15) is 4.39 Å². The average molecular weight is 367 g/mol. The molecule has 1 atom stereocenters. The van der Waals surface area contributed by atoms with E-state index in [0.29, 0.717) is 5.92 Å². The van der Waals surface area contributed by atoms with E-state index >= 15 is 0 Å². The molecule has 0 aliphatic carbocycles. The molecule has 0 amide bonds. The molecule has 1 heterocycles. The molecule has 1 fully saturated rings. The third-order valence-electron chi connectivity index (χ3n) is 4.36. The second kappa shape index (κ2) is 11.4. The van der Waals surface area contributed by atoms with E-state index < -0.39 is 0 Å². The molecule has 1 saturated heterocycles. The van der Waals surface area contributed by atoms with Crippen LogP contribution in [0.5, 0.6) is 0 Å². The van der Waals surface area contributed by atoms with Crippen LogP contribution in [0, 0.1) is 11.7 Å². The van der Waals surface area contributed by atoms with Gasteiger partial charge in [-0.05, 0) is 68.8 Å². The number of halogens is 1. The Labute approximate surface area is 155 Å². The van der Waals surface area contributed by atoms with Crippen molar-refractivity contribution in [3.8, 4) is 0 Å². The van der Waals surface area contributed by atoms with E-state index in [1.807, 2.05) is 12.1 Å². The normalized spacial score (nSPS) is 18.5. The molecule has 1 aromatic carbocycles. The molecule has 2 N–H and O–H groups in total.